The Bertz CT molecular complexity index is 729. The Morgan fingerprint density at radius 3 is 2.62 bits per heavy atom. The second-order valence-electron chi connectivity index (χ2n) is 4.12. The van der Waals surface area contributed by atoms with Gasteiger partial charge >= 0.3 is 11.7 Å². The van der Waals surface area contributed by atoms with E-state index < -0.39 is 28.0 Å². The van der Waals surface area contributed by atoms with Crippen LogP contribution in [0.25, 0.3) is 11.1 Å². The smallest absolute Gasteiger partial charge is 0.338 e. The number of halogens is 1. The van der Waals surface area contributed by atoms with E-state index in [-0.39, 0.29) is 5.56 Å². The summed E-state index contributed by atoms with van der Waals surface area (Å²) < 4.78 is 19.1. The van der Waals surface area contributed by atoms with Crippen LogP contribution in [0.4, 0.5) is 10.1 Å². The third kappa shape index (κ3) is 2.66. The summed E-state index contributed by atoms with van der Waals surface area (Å²) in [6.07, 6.45) is 0. The quantitative estimate of drug-likeness (QED) is 0.690. The lowest BCUT2D eigenvalue weighted by Crippen LogP contribution is -2.05. The van der Waals surface area contributed by atoms with Crippen LogP contribution in [0.3, 0.4) is 0 Å². The van der Waals surface area contributed by atoms with Gasteiger partial charge in [0.25, 0.3) is 0 Å². The van der Waals surface area contributed by atoms with Crippen LogP contribution >= 0.6 is 0 Å². The van der Waals surface area contributed by atoms with E-state index in [1.54, 1.807) is 18.2 Å². The zero-order valence-electron chi connectivity index (χ0n) is 10.9. The Morgan fingerprint density at radius 2 is 2.05 bits per heavy atom. The first-order valence-electron chi connectivity index (χ1n) is 5.80. The molecule has 2 aromatic carbocycles. The van der Waals surface area contributed by atoms with Crippen molar-refractivity contribution in [1.82, 2.24) is 0 Å². The number of carboxylic acid groups (broad SMARTS) is 1. The van der Waals surface area contributed by atoms with Crippen LogP contribution in [-0.4, -0.2) is 23.1 Å². The molecule has 2 rings (SSSR count). The average Bonchev–Trinajstić information content (AvgIpc) is 2.46. The number of hydrogen-bond donors (Lipinski definition) is 1. The van der Waals surface area contributed by atoms with E-state index in [0.29, 0.717) is 11.3 Å². The molecule has 6 nitrogen and oxygen atoms in total. The molecule has 7 heteroatoms. The van der Waals surface area contributed by atoms with Crippen molar-refractivity contribution in [2.75, 3.05) is 7.11 Å². The van der Waals surface area contributed by atoms with Crippen LogP contribution in [0.5, 0.6) is 5.75 Å². The van der Waals surface area contributed by atoms with E-state index in [1.807, 2.05) is 0 Å². The first-order valence-corrected chi connectivity index (χ1v) is 5.80. The number of nitrogens with zero attached hydrogens (tertiary/aromatic N) is 1. The van der Waals surface area contributed by atoms with Crippen molar-refractivity contribution in [2.24, 2.45) is 0 Å². The third-order valence-electron chi connectivity index (χ3n) is 2.91. The minimum atomic E-state index is -1.56. The van der Waals surface area contributed by atoms with Gasteiger partial charge in [-0.2, -0.15) is 4.39 Å². The zero-order valence-corrected chi connectivity index (χ0v) is 10.9. The van der Waals surface area contributed by atoms with Gasteiger partial charge in [-0.1, -0.05) is 12.1 Å². The third-order valence-corrected chi connectivity index (χ3v) is 2.91. The summed E-state index contributed by atoms with van der Waals surface area (Å²) in [7, 11) is 1.43. The van der Waals surface area contributed by atoms with Crippen molar-refractivity contribution in [3.05, 3.63) is 57.9 Å². The van der Waals surface area contributed by atoms with Crippen LogP contribution < -0.4 is 4.74 Å². The molecule has 0 aliphatic carbocycles. The molecule has 0 spiro atoms. The van der Waals surface area contributed by atoms with Crippen molar-refractivity contribution in [1.29, 1.82) is 0 Å². The first kappa shape index (κ1) is 14.4. The van der Waals surface area contributed by atoms with Crippen molar-refractivity contribution in [3.63, 3.8) is 0 Å². The molecule has 1 N–H and O–H groups in total. The largest absolute Gasteiger partial charge is 0.497 e. The number of hydrogen-bond acceptors (Lipinski definition) is 4. The Kier molecular flexibility index (Phi) is 3.84. The number of benzene rings is 2. The number of aromatic carboxylic acids is 1. The number of nitro groups is 1. The van der Waals surface area contributed by atoms with E-state index in [4.69, 9.17) is 9.84 Å². The second-order valence-corrected chi connectivity index (χ2v) is 4.12. The molecule has 0 aliphatic rings. The molecule has 0 aromatic heterocycles. The molecular weight excluding hydrogens is 281 g/mol. The molecule has 0 aliphatic heterocycles. The number of nitro benzene ring substituents is 1. The van der Waals surface area contributed by atoms with Gasteiger partial charge in [0.15, 0.2) is 0 Å². The van der Waals surface area contributed by atoms with Gasteiger partial charge < -0.3 is 9.84 Å². The number of ether oxygens (including phenoxy) is 1. The SMILES string of the molecule is COc1cccc(-c2ccc(C(=O)O)c(F)c2[N+](=O)[O-])c1. The highest BCUT2D eigenvalue weighted by atomic mass is 19.1. The van der Waals surface area contributed by atoms with Crippen LogP contribution in [-0.2, 0) is 0 Å². The van der Waals surface area contributed by atoms with Gasteiger partial charge in [-0.3, -0.25) is 10.1 Å². The Labute approximate surface area is 118 Å². The molecule has 0 amide bonds. The highest BCUT2D eigenvalue weighted by Gasteiger charge is 2.27. The molecule has 0 radical (unpaired) electrons. The average molecular weight is 291 g/mol. The fraction of sp³-hybridized carbons (Fsp3) is 0.0714. The maximum absolute atomic E-state index is 14.0. The lowest BCUT2D eigenvalue weighted by molar-refractivity contribution is -0.386. The number of carboxylic acids is 1. The lowest BCUT2D eigenvalue weighted by Gasteiger charge is -2.07. The summed E-state index contributed by atoms with van der Waals surface area (Å²) in [6.45, 7) is 0. The maximum atomic E-state index is 14.0. The van der Waals surface area contributed by atoms with E-state index >= 15 is 0 Å². The van der Waals surface area contributed by atoms with Gasteiger partial charge in [0.05, 0.1) is 17.6 Å². The molecule has 21 heavy (non-hydrogen) atoms. The van der Waals surface area contributed by atoms with E-state index in [0.717, 1.165) is 6.07 Å². The maximum Gasteiger partial charge on any atom is 0.338 e. The molecule has 0 atom stereocenters. The van der Waals surface area contributed by atoms with E-state index in [9.17, 15) is 19.3 Å². The van der Waals surface area contributed by atoms with Crippen molar-refractivity contribution in [2.45, 2.75) is 0 Å². The van der Waals surface area contributed by atoms with E-state index in [1.165, 1.54) is 19.2 Å². The lowest BCUT2D eigenvalue weighted by atomic mass is 10.0. The van der Waals surface area contributed by atoms with Gasteiger partial charge in [-0.25, -0.2) is 4.79 Å². The fourth-order valence-electron chi connectivity index (χ4n) is 1.93. The number of carbonyl (C=O) groups is 1. The highest BCUT2D eigenvalue weighted by Crippen LogP contribution is 2.35. The van der Waals surface area contributed by atoms with Crippen LogP contribution in [0.2, 0.25) is 0 Å². The predicted molar refractivity (Wildman–Crippen MR) is 72.0 cm³/mol. The molecule has 0 bridgehead atoms. The van der Waals surface area contributed by atoms with Crippen LogP contribution in [0.15, 0.2) is 36.4 Å². The Balaban J connectivity index is 2.71. The first-order chi connectivity index (χ1) is 9.95. The number of rotatable bonds is 4. The van der Waals surface area contributed by atoms with Gasteiger partial charge in [0.1, 0.15) is 11.3 Å². The second kappa shape index (κ2) is 5.58. The van der Waals surface area contributed by atoms with Crippen LogP contribution in [0.1, 0.15) is 10.4 Å². The van der Waals surface area contributed by atoms with Gasteiger partial charge in [0.2, 0.25) is 5.82 Å². The summed E-state index contributed by atoms with van der Waals surface area (Å²) in [5.74, 6) is -2.48. The predicted octanol–water partition coefficient (Wildman–Crippen LogP) is 3.11. The molecule has 2 aromatic rings. The molecule has 0 fully saturated rings. The van der Waals surface area contributed by atoms with Crippen LogP contribution in [0, 0.1) is 15.9 Å². The summed E-state index contributed by atoms with van der Waals surface area (Å²) in [5.41, 5.74) is -1.27. The van der Waals surface area contributed by atoms with Gasteiger partial charge in [0, 0.05) is 0 Å². The monoisotopic (exact) mass is 291 g/mol. The minimum absolute atomic E-state index is 0.0126. The molecule has 0 unspecified atom stereocenters. The Morgan fingerprint density at radius 1 is 1.33 bits per heavy atom. The molecule has 0 saturated heterocycles. The molecule has 0 heterocycles. The summed E-state index contributed by atoms with van der Waals surface area (Å²) in [6, 6.07) is 8.49. The summed E-state index contributed by atoms with van der Waals surface area (Å²) >= 11 is 0. The molecule has 108 valence electrons. The normalized spacial score (nSPS) is 10.2. The highest BCUT2D eigenvalue weighted by molar-refractivity contribution is 5.91. The van der Waals surface area contributed by atoms with Gasteiger partial charge in [-0.05, 0) is 29.8 Å². The topological polar surface area (TPSA) is 89.7 Å². The zero-order chi connectivity index (χ0) is 15.6. The van der Waals surface area contributed by atoms with E-state index in [2.05, 4.69) is 0 Å². The van der Waals surface area contributed by atoms with Crippen molar-refractivity contribution < 1.29 is 24.0 Å². The van der Waals surface area contributed by atoms with Gasteiger partial charge in [-0.15, -0.1) is 0 Å². The molecule has 0 saturated carbocycles. The van der Waals surface area contributed by atoms with Crippen molar-refractivity contribution >= 4 is 11.7 Å². The summed E-state index contributed by atoms with van der Waals surface area (Å²) in [5, 5.41) is 19.9. The standard InChI is InChI=1S/C14H10FNO5/c1-21-9-4-2-3-8(7-9)10-5-6-11(14(17)18)12(15)13(10)16(19)20/h2-7H,1H3,(H,17,18). The summed E-state index contributed by atoms with van der Waals surface area (Å²) in [4.78, 5) is 21.0. The Hall–Kier alpha value is -2.96. The van der Waals surface area contributed by atoms with Crippen molar-refractivity contribution in [3.8, 4) is 16.9 Å². The molecular formula is C14H10FNO5. The number of methoxy groups -OCH3 is 1. The minimum Gasteiger partial charge on any atom is -0.497 e. The fourth-order valence-corrected chi connectivity index (χ4v) is 1.93.